The highest BCUT2D eigenvalue weighted by Gasteiger charge is 2.16. The number of amides is 1. The van der Waals surface area contributed by atoms with Crippen LogP contribution < -0.4 is 15.4 Å². The van der Waals surface area contributed by atoms with E-state index in [1.54, 1.807) is 30.9 Å². The molecule has 0 bridgehead atoms. The van der Waals surface area contributed by atoms with Crippen molar-refractivity contribution in [3.8, 4) is 0 Å². The summed E-state index contributed by atoms with van der Waals surface area (Å²) in [5.41, 5.74) is 1.19. The summed E-state index contributed by atoms with van der Waals surface area (Å²) in [6.07, 6.45) is 3.08. The molecule has 0 radical (unpaired) electrons. The van der Waals surface area contributed by atoms with Gasteiger partial charge in [0.05, 0.1) is 22.6 Å². The molecule has 0 aliphatic rings. The zero-order valence-electron chi connectivity index (χ0n) is 12.4. The van der Waals surface area contributed by atoms with Gasteiger partial charge in [0, 0.05) is 20.3 Å². The molecule has 0 saturated carbocycles. The number of benzene rings is 1. The first-order valence-corrected chi connectivity index (χ1v) is 7.90. The Morgan fingerprint density at radius 2 is 1.95 bits per heavy atom. The number of carbonyl (C=O) groups excluding carboxylic acids is 1. The van der Waals surface area contributed by atoms with Crippen molar-refractivity contribution >= 4 is 27.3 Å². The van der Waals surface area contributed by atoms with E-state index in [1.807, 2.05) is 0 Å². The van der Waals surface area contributed by atoms with Gasteiger partial charge in [0.1, 0.15) is 5.69 Å². The Balaban J connectivity index is 2.36. The molecule has 1 aromatic carbocycles. The summed E-state index contributed by atoms with van der Waals surface area (Å²) < 4.78 is 27.6. The number of nitrogens with one attached hydrogen (secondary N) is 3. The predicted octanol–water partition coefficient (Wildman–Crippen LogP) is 0.622. The van der Waals surface area contributed by atoms with Crippen LogP contribution in [-0.4, -0.2) is 38.0 Å². The van der Waals surface area contributed by atoms with Crippen molar-refractivity contribution in [3.63, 3.8) is 0 Å². The van der Waals surface area contributed by atoms with Crippen LogP contribution in [0.1, 0.15) is 10.5 Å². The molecular weight excluding hydrogens is 306 g/mol. The van der Waals surface area contributed by atoms with Gasteiger partial charge in [-0.2, -0.15) is 0 Å². The number of aromatic nitrogens is 2. The van der Waals surface area contributed by atoms with Crippen LogP contribution in [0.4, 0.5) is 11.4 Å². The van der Waals surface area contributed by atoms with Gasteiger partial charge < -0.3 is 15.2 Å². The molecule has 0 fully saturated rings. The Morgan fingerprint density at radius 3 is 2.50 bits per heavy atom. The second-order valence-electron chi connectivity index (χ2n) is 4.54. The molecule has 2 rings (SSSR count). The average molecular weight is 323 g/mol. The van der Waals surface area contributed by atoms with Gasteiger partial charge in [-0.15, -0.1) is 0 Å². The topological polar surface area (TPSA) is 105 Å². The van der Waals surface area contributed by atoms with E-state index in [2.05, 4.69) is 20.3 Å². The summed E-state index contributed by atoms with van der Waals surface area (Å²) in [5, 5.41) is 5.56. The van der Waals surface area contributed by atoms with E-state index in [0.29, 0.717) is 11.4 Å². The van der Waals surface area contributed by atoms with E-state index < -0.39 is 15.9 Å². The van der Waals surface area contributed by atoms with Crippen LogP contribution >= 0.6 is 0 Å². The molecule has 3 N–H and O–H groups in total. The van der Waals surface area contributed by atoms with Crippen LogP contribution in [0.3, 0.4) is 0 Å². The van der Waals surface area contributed by atoms with Crippen molar-refractivity contribution in [2.24, 2.45) is 7.05 Å². The number of aryl methyl sites for hydroxylation is 1. The zero-order chi connectivity index (χ0) is 16.3. The van der Waals surface area contributed by atoms with Crippen molar-refractivity contribution in [2.75, 3.05) is 24.7 Å². The maximum Gasteiger partial charge on any atom is 0.275 e. The highest BCUT2D eigenvalue weighted by Crippen LogP contribution is 2.25. The minimum Gasteiger partial charge on any atom is -0.386 e. The van der Waals surface area contributed by atoms with Gasteiger partial charge in [-0.05, 0) is 25.2 Å². The predicted molar refractivity (Wildman–Crippen MR) is 83.4 cm³/mol. The van der Waals surface area contributed by atoms with Crippen molar-refractivity contribution in [1.29, 1.82) is 0 Å². The first-order valence-electron chi connectivity index (χ1n) is 6.42. The molecule has 0 aliphatic carbocycles. The SMILES string of the molecule is CNc1ccc(S(=O)(=O)NC)cc1NC(=O)c1cn(C)cn1. The fourth-order valence-corrected chi connectivity index (χ4v) is 2.60. The highest BCUT2D eigenvalue weighted by atomic mass is 32.2. The molecule has 0 unspecified atom stereocenters. The molecular formula is C13H17N5O3S. The van der Waals surface area contributed by atoms with Gasteiger partial charge in [-0.3, -0.25) is 4.79 Å². The van der Waals surface area contributed by atoms with Crippen molar-refractivity contribution in [2.45, 2.75) is 4.90 Å². The van der Waals surface area contributed by atoms with E-state index in [1.165, 1.54) is 25.5 Å². The molecule has 9 heteroatoms. The first kappa shape index (κ1) is 16.0. The van der Waals surface area contributed by atoms with Crippen LogP contribution in [0.5, 0.6) is 0 Å². The first-order chi connectivity index (χ1) is 10.4. The lowest BCUT2D eigenvalue weighted by Gasteiger charge is -2.12. The minimum absolute atomic E-state index is 0.0605. The number of sulfonamides is 1. The number of rotatable bonds is 5. The lowest BCUT2D eigenvalue weighted by molar-refractivity contribution is 0.102. The number of carbonyl (C=O) groups is 1. The maximum atomic E-state index is 12.1. The van der Waals surface area contributed by atoms with Gasteiger partial charge in [-0.25, -0.2) is 18.1 Å². The number of anilines is 2. The lowest BCUT2D eigenvalue weighted by Crippen LogP contribution is -2.19. The Morgan fingerprint density at radius 1 is 1.23 bits per heavy atom. The number of imidazole rings is 1. The normalized spacial score (nSPS) is 11.2. The molecule has 1 aromatic heterocycles. The van der Waals surface area contributed by atoms with Crippen molar-refractivity contribution in [3.05, 3.63) is 36.4 Å². The third-order valence-electron chi connectivity index (χ3n) is 3.03. The molecule has 8 nitrogen and oxygen atoms in total. The van der Waals surface area contributed by atoms with Gasteiger partial charge in [0.15, 0.2) is 0 Å². The number of hydrogen-bond acceptors (Lipinski definition) is 5. The molecule has 1 heterocycles. The van der Waals surface area contributed by atoms with Crippen molar-refractivity contribution in [1.82, 2.24) is 14.3 Å². The smallest absolute Gasteiger partial charge is 0.275 e. The molecule has 0 saturated heterocycles. The summed E-state index contributed by atoms with van der Waals surface area (Å²) >= 11 is 0. The second kappa shape index (κ2) is 6.16. The summed E-state index contributed by atoms with van der Waals surface area (Å²) in [4.78, 5) is 16.2. The third kappa shape index (κ3) is 3.26. The van der Waals surface area contributed by atoms with Crippen LogP contribution in [0.15, 0.2) is 35.6 Å². The van der Waals surface area contributed by atoms with E-state index in [9.17, 15) is 13.2 Å². The van der Waals surface area contributed by atoms with Gasteiger partial charge in [0.25, 0.3) is 5.91 Å². The summed E-state index contributed by atoms with van der Waals surface area (Å²) in [6, 6.07) is 4.42. The summed E-state index contributed by atoms with van der Waals surface area (Å²) in [7, 11) is 1.17. The Hall–Kier alpha value is -2.39. The van der Waals surface area contributed by atoms with Crippen molar-refractivity contribution < 1.29 is 13.2 Å². The highest BCUT2D eigenvalue weighted by molar-refractivity contribution is 7.89. The lowest BCUT2D eigenvalue weighted by atomic mass is 10.2. The number of hydrogen-bond donors (Lipinski definition) is 3. The van der Waals surface area contributed by atoms with Crippen LogP contribution in [0, 0.1) is 0 Å². The molecule has 0 spiro atoms. The van der Waals surface area contributed by atoms with Crippen LogP contribution in [-0.2, 0) is 17.1 Å². The minimum atomic E-state index is -3.59. The third-order valence-corrected chi connectivity index (χ3v) is 4.44. The zero-order valence-corrected chi connectivity index (χ0v) is 13.2. The van der Waals surface area contributed by atoms with E-state index in [4.69, 9.17) is 0 Å². The maximum absolute atomic E-state index is 12.1. The number of nitrogens with zero attached hydrogens (tertiary/aromatic N) is 2. The van der Waals surface area contributed by atoms with Gasteiger partial charge >= 0.3 is 0 Å². The van der Waals surface area contributed by atoms with Gasteiger partial charge in [-0.1, -0.05) is 0 Å². The molecule has 22 heavy (non-hydrogen) atoms. The molecule has 118 valence electrons. The average Bonchev–Trinajstić information content (AvgIpc) is 2.93. The Kier molecular flexibility index (Phi) is 4.48. The summed E-state index contributed by atoms with van der Waals surface area (Å²) in [6.45, 7) is 0. The Bertz CT molecular complexity index is 798. The van der Waals surface area contributed by atoms with Crippen LogP contribution in [0.25, 0.3) is 0 Å². The molecule has 2 aromatic rings. The quantitative estimate of drug-likeness (QED) is 0.748. The largest absolute Gasteiger partial charge is 0.386 e. The van der Waals surface area contributed by atoms with Crippen LogP contribution in [0.2, 0.25) is 0 Å². The standard InChI is InChI=1S/C13H17N5O3S/c1-14-10-5-4-9(22(20,21)15-2)6-11(10)17-13(19)12-7-18(3)8-16-12/h4-8,14-15H,1-3H3,(H,17,19). The Labute approximate surface area is 128 Å². The second-order valence-corrected chi connectivity index (χ2v) is 6.43. The molecule has 0 atom stereocenters. The fourth-order valence-electron chi connectivity index (χ4n) is 1.85. The van der Waals surface area contributed by atoms with E-state index >= 15 is 0 Å². The fraction of sp³-hybridized carbons (Fsp3) is 0.231. The monoisotopic (exact) mass is 323 g/mol. The van der Waals surface area contributed by atoms with Gasteiger partial charge in [0.2, 0.25) is 10.0 Å². The van der Waals surface area contributed by atoms with E-state index in [0.717, 1.165) is 0 Å². The molecule has 1 amide bonds. The van der Waals surface area contributed by atoms with E-state index in [-0.39, 0.29) is 10.6 Å². The molecule has 0 aliphatic heterocycles. The summed E-state index contributed by atoms with van der Waals surface area (Å²) in [5.74, 6) is -0.420.